The van der Waals surface area contributed by atoms with Crippen LogP contribution in [0.1, 0.15) is 33.1 Å². The third kappa shape index (κ3) is 7.30. The lowest BCUT2D eigenvalue weighted by Crippen LogP contribution is -2.08. The molecule has 0 unspecified atom stereocenters. The summed E-state index contributed by atoms with van der Waals surface area (Å²) in [6, 6.07) is 0. The molecule has 0 amide bonds. The summed E-state index contributed by atoms with van der Waals surface area (Å²) in [6.07, 6.45) is 2.14. The fourth-order valence-corrected chi connectivity index (χ4v) is 0.729. The Morgan fingerprint density at radius 1 is 1.50 bits per heavy atom. The lowest BCUT2D eigenvalue weighted by Gasteiger charge is -1.98. The molecule has 0 bridgehead atoms. The molecule has 0 saturated carbocycles. The molecule has 0 aliphatic carbocycles. The van der Waals surface area contributed by atoms with Crippen LogP contribution < -0.4 is 0 Å². The second-order valence-electron chi connectivity index (χ2n) is 2.52. The number of hydrogen-bond donors (Lipinski definition) is 0. The summed E-state index contributed by atoms with van der Waals surface area (Å²) in [4.78, 5) is 11.0. The number of ether oxygens (including phenoxy) is 1. The van der Waals surface area contributed by atoms with Crippen LogP contribution in [0, 0.1) is 11.8 Å². The van der Waals surface area contributed by atoms with Gasteiger partial charge in [-0.25, -0.2) is 0 Å². The molecule has 0 aliphatic rings. The van der Waals surface area contributed by atoms with Gasteiger partial charge in [-0.15, -0.1) is 11.8 Å². The van der Waals surface area contributed by atoms with E-state index in [1.807, 2.05) is 6.92 Å². The van der Waals surface area contributed by atoms with E-state index in [2.05, 4.69) is 11.8 Å². The molecule has 0 N–H and O–H groups in total. The minimum atomic E-state index is 0.145. The topological polar surface area (TPSA) is 26.3 Å². The molecule has 0 fully saturated rings. The Hall–Kier alpha value is -0.810. The van der Waals surface area contributed by atoms with Crippen molar-refractivity contribution < 1.29 is 9.53 Å². The van der Waals surface area contributed by atoms with E-state index >= 15 is 0 Å². The molecule has 0 rings (SSSR count). The fourth-order valence-electron chi connectivity index (χ4n) is 0.729. The largest absolute Gasteiger partial charge is 0.374 e. The van der Waals surface area contributed by atoms with E-state index in [-0.39, 0.29) is 12.4 Å². The van der Waals surface area contributed by atoms with Gasteiger partial charge in [0.25, 0.3) is 0 Å². The van der Waals surface area contributed by atoms with Crippen LogP contribution in [0.15, 0.2) is 0 Å². The minimum absolute atomic E-state index is 0.145. The maximum Gasteiger partial charge on any atom is 0.159 e. The summed E-state index contributed by atoms with van der Waals surface area (Å²) in [5, 5.41) is 0. The zero-order valence-electron chi connectivity index (χ0n) is 7.85. The predicted molar refractivity (Wildman–Crippen MR) is 48.8 cm³/mol. The quantitative estimate of drug-likeness (QED) is 0.446. The molecule has 0 atom stereocenters. The van der Waals surface area contributed by atoms with Gasteiger partial charge in [0.2, 0.25) is 0 Å². The molecular formula is C10H16O2. The van der Waals surface area contributed by atoms with Gasteiger partial charge < -0.3 is 4.74 Å². The van der Waals surface area contributed by atoms with Gasteiger partial charge >= 0.3 is 0 Å². The molecule has 0 radical (unpaired) electrons. The van der Waals surface area contributed by atoms with E-state index in [9.17, 15) is 4.79 Å². The highest BCUT2D eigenvalue weighted by Gasteiger charge is 1.99. The summed E-state index contributed by atoms with van der Waals surface area (Å²) in [5.74, 6) is 5.74. The van der Waals surface area contributed by atoms with Crippen LogP contribution in [-0.4, -0.2) is 19.0 Å². The molecular weight excluding hydrogens is 152 g/mol. The summed E-state index contributed by atoms with van der Waals surface area (Å²) in [5.41, 5.74) is 0. The molecule has 0 aromatic carbocycles. The smallest absolute Gasteiger partial charge is 0.159 e. The molecule has 0 aromatic rings. The molecule has 0 saturated heterocycles. The van der Waals surface area contributed by atoms with Gasteiger partial charge in [-0.05, 0) is 13.3 Å². The third-order valence-corrected chi connectivity index (χ3v) is 1.32. The number of ketones is 1. The lowest BCUT2D eigenvalue weighted by molar-refractivity contribution is -0.123. The molecule has 68 valence electrons. The first-order chi connectivity index (χ1) is 5.81. The van der Waals surface area contributed by atoms with Gasteiger partial charge in [-0.3, -0.25) is 4.79 Å². The zero-order valence-corrected chi connectivity index (χ0v) is 7.85. The number of carbonyl (C=O) groups excluding carboxylic acids is 1. The van der Waals surface area contributed by atoms with Crippen LogP contribution >= 0.6 is 0 Å². The highest BCUT2D eigenvalue weighted by atomic mass is 16.5. The Labute approximate surface area is 74.3 Å². The summed E-state index contributed by atoms with van der Waals surface area (Å²) >= 11 is 0. The SMILES string of the molecule is CC#CCCC(=O)COCCC. The van der Waals surface area contributed by atoms with Crippen LogP contribution in [0.4, 0.5) is 0 Å². The molecule has 0 aliphatic heterocycles. The second-order valence-corrected chi connectivity index (χ2v) is 2.52. The van der Waals surface area contributed by atoms with Crippen molar-refractivity contribution in [2.45, 2.75) is 33.1 Å². The summed E-state index contributed by atoms with van der Waals surface area (Å²) in [6.45, 7) is 4.72. The number of carbonyl (C=O) groups is 1. The molecule has 0 heterocycles. The van der Waals surface area contributed by atoms with E-state index < -0.39 is 0 Å². The normalized spacial score (nSPS) is 8.83. The Morgan fingerprint density at radius 3 is 2.83 bits per heavy atom. The molecule has 2 nitrogen and oxygen atoms in total. The van der Waals surface area contributed by atoms with E-state index in [1.54, 1.807) is 6.92 Å². The van der Waals surface area contributed by atoms with Crippen LogP contribution in [0.25, 0.3) is 0 Å². The standard InChI is InChI=1S/C10H16O2/c1-3-5-6-7-10(11)9-12-8-4-2/h4,6-9H2,1-2H3. The second kappa shape index (κ2) is 8.29. The number of rotatable bonds is 6. The van der Waals surface area contributed by atoms with Crippen LogP contribution in [0.5, 0.6) is 0 Å². The third-order valence-electron chi connectivity index (χ3n) is 1.32. The number of Topliss-reactive ketones (excluding diaryl/α,β-unsaturated/α-hetero) is 1. The van der Waals surface area contributed by atoms with Crippen molar-refractivity contribution in [3.05, 3.63) is 0 Å². The predicted octanol–water partition coefficient (Wildman–Crippen LogP) is 1.79. The van der Waals surface area contributed by atoms with E-state index in [1.165, 1.54) is 0 Å². The van der Waals surface area contributed by atoms with Crippen molar-refractivity contribution in [1.29, 1.82) is 0 Å². The van der Waals surface area contributed by atoms with Gasteiger partial charge in [0.05, 0.1) is 0 Å². The molecule has 2 heteroatoms. The first kappa shape index (κ1) is 11.2. The zero-order chi connectivity index (χ0) is 9.23. The van der Waals surface area contributed by atoms with Gasteiger partial charge in [0.15, 0.2) is 5.78 Å². The number of hydrogen-bond acceptors (Lipinski definition) is 2. The Balaban J connectivity index is 3.25. The van der Waals surface area contributed by atoms with Crippen LogP contribution in [-0.2, 0) is 9.53 Å². The monoisotopic (exact) mass is 168 g/mol. The minimum Gasteiger partial charge on any atom is -0.374 e. The van der Waals surface area contributed by atoms with Gasteiger partial charge in [-0.2, -0.15) is 0 Å². The average Bonchev–Trinajstić information content (AvgIpc) is 2.06. The van der Waals surface area contributed by atoms with Crippen LogP contribution in [0.2, 0.25) is 0 Å². The Morgan fingerprint density at radius 2 is 2.25 bits per heavy atom. The van der Waals surface area contributed by atoms with Crippen molar-refractivity contribution in [3.8, 4) is 11.8 Å². The highest BCUT2D eigenvalue weighted by Crippen LogP contribution is 1.91. The van der Waals surface area contributed by atoms with Gasteiger partial charge in [-0.1, -0.05) is 6.92 Å². The van der Waals surface area contributed by atoms with E-state index in [0.717, 1.165) is 6.42 Å². The van der Waals surface area contributed by atoms with Crippen molar-refractivity contribution >= 4 is 5.78 Å². The lowest BCUT2D eigenvalue weighted by atomic mass is 10.2. The maximum absolute atomic E-state index is 11.0. The van der Waals surface area contributed by atoms with Crippen molar-refractivity contribution in [1.82, 2.24) is 0 Å². The van der Waals surface area contributed by atoms with Crippen molar-refractivity contribution in [2.24, 2.45) is 0 Å². The Bertz CT molecular complexity index is 174. The first-order valence-corrected chi connectivity index (χ1v) is 4.30. The maximum atomic E-state index is 11.0. The summed E-state index contributed by atoms with van der Waals surface area (Å²) in [7, 11) is 0. The Kier molecular flexibility index (Phi) is 7.73. The summed E-state index contributed by atoms with van der Waals surface area (Å²) < 4.78 is 5.08. The van der Waals surface area contributed by atoms with Crippen LogP contribution in [0.3, 0.4) is 0 Å². The van der Waals surface area contributed by atoms with E-state index in [4.69, 9.17) is 4.74 Å². The molecule has 0 spiro atoms. The average molecular weight is 168 g/mol. The fraction of sp³-hybridized carbons (Fsp3) is 0.700. The van der Waals surface area contributed by atoms with E-state index in [0.29, 0.717) is 19.4 Å². The van der Waals surface area contributed by atoms with Crippen molar-refractivity contribution in [2.75, 3.05) is 13.2 Å². The van der Waals surface area contributed by atoms with Crippen molar-refractivity contribution in [3.63, 3.8) is 0 Å². The van der Waals surface area contributed by atoms with Gasteiger partial charge in [0.1, 0.15) is 6.61 Å². The van der Waals surface area contributed by atoms with Gasteiger partial charge in [0, 0.05) is 19.4 Å². The first-order valence-electron chi connectivity index (χ1n) is 4.30. The molecule has 0 aromatic heterocycles. The highest BCUT2D eigenvalue weighted by molar-refractivity contribution is 5.79. The molecule has 12 heavy (non-hydrogen) atoms.